The Morgan fingerprint density at radius 2 is 2.28 bits per heavy atom. The summed E-state index contributed by atoms with van der Waals surface area (Å²) in [5.41, 5.74) is 0.439. The number of H-pyrrole nitrogens is 1. The molecule has 1 aromatic heterocycles. The van der Waals surface area contributed by atoms with Gasteiger partial charge in [0, 0.05) is 13.1 Å². The van der Waals surface area contributed by atoms with E-state index in [1.54, 1.807) is 13.1 Å². The van der Waals surface area contributed by atoms with Crippen molar-refractivity contribution in [3.63, 3.8) is 0 Å². The van der Waals surface area contributed by atoms with Gasteiger partial charge in [-0.15, -0.1) is 0 Å². The van der Waals surface area contributed by atoms with E-state index in [4.69, 9.17) is 0 Å². The SMILES string of the molecule is CCCC/C=N\c1c(C)nc(NC(C)=O)[nH]c1=O. The molecule has 2 N–H and O–H groups in total. The fraction of sp³-hybridized carbons (Fsp3) is 0.500. The molecule has 1 heterocycles. The highest BCUT2D eigenvalue weighted by Crippen LogP contribution is 2.11. The molecule has 6 nitrogen and oxygen atoms in total. The van der Waals surface area contributed by atoms with Gasteiger partial charge in [-0.3, -0.25) is 24.9 Å². The number of nitrogens with zero attached hydrogens (tertiary/aromatic N) is 2. The second-order valence-electron chi connectivity index (χ2n) is 3.98. The number of nitrogens with one attached hydrogen (secondary N) is 2. The molecule has 0 atom stereocenters. The average Bonchev–Trinajstić information content (AvgIpc) is 2.26. The monoisotopic (exact) mass is 250 g/mol. The summed E-state index contributed by atoms with van der Waals surface area (Å²) in [5.74, 6) is -0.130. The van der Waals surface area contributed by atoms with Gasteiger partial charge in [-0.1, -0.05) is 13.3 Å². The van der Waals surface area contributed by atoms with E-state index in [2.05, 4.69) is 27.2 Å². The van der Waals surface area contributed by atoms with Crippen LogP contribution in [0.25, 0.3) is 0 Å². The molecule has 1 amide bonds. The van der Waals surface area contributed by atoms with E-state index in [1.807, 2.05) is 0 Å². The zero-order valence-electron chi connectivity index (χ0n) is 10.9. The molecule has 0 fully saturated rings. The maximum absolute atomic E-state index is 11.7. The van der Waals surface area contributed by atoms with Crippen molar-refractivity contribution in [2.75, 3.05) is 5.32 Å². The number of aryl methyl sites for hydroxylation is 1. The Labute approximate surface area is 106 Å². The first kappa shape index (κ1) is 14.1. The van der Waals surface area contributed by atoms with Crippen LogP contribution in [0.15, 0.2) is 9.79 Å². The van der Waals surface area contributed by atoms with Crippen molar-refractivity contribution in [3.05, 3.63) is 16.0 Å². The number of hydrogen-bond donors (Lipinski definition) is 2. The molecule has 0 saturated carbocycles. The third kappa shape index (κ3) is 4.12. The average molecular weight is 250 g/mol. The number of amides is 1. The highest BCUT2D eigenvalue weighted by molar-refractivity contribution is 5.86. The predicted octanol–water partition coefficient (Wildman–Crippen LogP) is 1.93. The summed E-state index contributed by atoms with van der Waals surface area (Å²) in [7, 11) is 0. The quantitative estimate of drug-likeness (QED) is 0.618. The van der Waals surface area contributed by atoms with Gasteiger partial charge in [0.1, 0.15) is 5.69 Å². The molecule has 0 bridgehead atoms. The Hall–Kier alpha value is -1.98. The van der Waals surface area contributed by atoms with Gasteiger partial charge in [-0.05, 0) is 19.8 Å². The van der Waals surface area contributed by atoms with Crippen LogP contribution in [0.3, 0.4) is 0 Å². The molecular formula is C12H18N4O2. The van der Waals surface area contributed by atoms with Crippen molar-refractivity contribution < 1.29 is 4.79 Å². The first-order valence-corrected chi connectivity index (χ1v) is 5.95. The summed E-state index contributed by atoms with van der Waals surface area (Å²) in [6, 6.07) is 0. The second-order valence-corrected chi connectivity index (χ2v) is 3.98. The molecular weight excluding hydrogens is 232 g/mol. The van der Waals surface area contributed by atoms with Crippen molar-refractivity contribution in [1.82, 2.24) is 9.97 Å². The second kappa shape index (κ2) is 6.68. The largest absolute Gasteiger partial charge is 0.296 e. The van der Waals surface area contributed by atoms with Gasteiger partial charge in [0.2, 0.25) is 11.9 Å². The Morgan fingerprint density at radius 3 is 2.83 bits per heavy atom. The topological polar surface area (TPSA) is 87.2 Å². The summed E-state index contributed by atoms with van der Waals surface area (Å²) >= 11 is 0. The number of hydrogen-bond acceptors (Lipinski definition) is 4. The van der Waals surface area contributed by atoms with Crippen LogP contribution in [0.2, 0.25) is 0 Å². The molecule has 1 rings (SSSR count). The van der Waals surface area contributed by atoms with E-state index in [1.165, 1.54) is 6.92 Å². The van der Waals surface area contributed by atoms with Gasteiger partial charge >= 0.3 is 0 Å². The van der Waals surface area contributed by atoms with Crippen molar-refractivity contribution in [2.24, 2.45) is 4.99 Å². The maximum Gasteiger partial charge on any atom is 0.278 e. The molecule has 6 heteroatoms. The maximum atomic E-state index is 11.7. The highest BCUT2D eigenvalue weighted by Gasteiger charge is 2.07. The molecule has 0 unspecified atom stereocenters. The number of carbonyl (C=O) groups excluding carboxylic acids is 1. The van der Waals surface area contributed by atoms with Gasteiger partial charge in [0.15, 0.2) is 0 Å². The molecule has 1 aromatic rings. The number of aromatic amines is 1. The van der Waals surface area contributed by atoms with E-state index < -0.39 is 0 Å². The molecule has 0 spiro atoms. The molecule has 18 heavy (non-hydrogen) atoms. The Bertz CT molecular complexity index is 505. The smallest absolute Gasteiger partial charge is 0.278 e. The van der Waals surface area contributed by atoms with E-state index >= 15 is 0 Å². The molecule has 0 aliphatic heterocycles. The number of unbranched alkanes of at least 4 members (excludes halogenated alkanes) is 2. The minimum Gasteiger partial charge on any atom is -0.296 e. The normalized spacial score (nSPS) is 10.8. The number of anilines is 1. The number of carbonyl (C=O) groups is 1. The van der Waals surface area contributed by atoms with Gasteiger partial charge in [0.05, 0.1) is 5.69 Å². The summed E-state index contributed by atoms with van der Waals surface area (Å²) in [4.78, 5) is 33.3. The lowest BCUT2D eigenvalue weighted by Crippen LogP contribution is -2.16. The fourth-order valence-electron chi connectivity index (χ4n) is 1.41. The van der Waals surface area contributed by atoms with Crippen LogP contribution in [0.4, 0.5) is 11.6 Å². The highest BCUT2D eigenvalue weighted by atomic mass is 16.1. The van der Waals surface area contributed by atoms with E-state index in [0.717, 1.165) is 19.3 Å². The van der Waals surface area contributed by atoms with Gasteiger partial charge in [-0.2, -0.15) is 0 Å². The number of aliphatic imine (C=N–C) groups is 1. The third-order valence-electron chi connectivity index (χ3n) is 2.27. The minimum atomic E-state index is -0.348. The zero-order chi connectivity index (χ0) is 13.5. The number of aromatic nitrogens is 2. The van der Waals surface area contributed by atoms with E-state index in [0.29, 0.717) is 11.4 Å². The first-order valence-electron chi connectivity index (χ1n) is 5.95. The van der Waals surface area contributed by atoms with Crippen LogP contribution in [-0.4, -0.2) is 22.1 Å². The summed E-state index contributed by atoms with van der Waals surface area (Å²) in [5, 5.41) is 2.43. The summed E-state index contributed by atoms with van der Waals surface area (Å²) in [6.45, 7) is 5.13. The lowest BCUT2D eigenvalue weighted by Gasteiger charge is -2.03. The lowest BCUT2D eigenvalue weighted by atomic mass is 10.3. The lowest BCUT2D eigenvalue weighted by molar-refractivity contribution is -0.114. The van der Waals surface area contributed by atoms with Crippen LogP contribution in [0.5, 0.6) is 0 Å². The Kier molecular flexibility index (Phi) is 5.23. The fourth-order valence-corrected chi connectivity index (χ4v) is 1.41. The summed E-state index contributed by atoms with van der Waals surface area (Å²) in [6.07, 6.45) is 4.68. The summed E-state index contributed by atoms with van der Waals surface area (Å²) < 4.78 is 0. The van der Waals surface area contributed by atoms with Crippen molar-refractivity contribution in [2.45, 2.75) is 40.0 Å². The Morgan fingerprint density at radius 1 is 1.56 bits per heavy atom. The Balaban J connectivity index is 2.91. The van der Waals surface area contributed by atoms with Crippen LogP contribution in [0, 0.1) is 6.92 Å². The molecule has 0 saturated heterocycles. The minimum absolute atomic E-state index is 0.150. The molecule has 0 aliphatic rings. The molecule has 98 valence electrons. The molecule has 0 aromatic carbocycles. The van der Waals surface area contributed by atoms with Crippen LogP contribution < -0.4 is 10.9 Å². The van der Waals surface area contributed by atoms with Crippen molar-refractivity contribution in [1.29, 1.82) is 0 Å². The number of rotatable bonds is 5. The zero-order valence-corrected chi connectivity index (χ0v) is 10.9. The van der Waals surface area contributed by atoms with E-state index in [-0.39, 0.29) is 17.4 Å². The van der Waals surface area contributed by atoms with Crippen molar-refractivity contribution in [3.8, 4) is 0 Å². The van der Waals surface area contributed by atoms with Crippen LogP contribution in [-0.2, 0) is 4.79 Å². The van der Waals surface area contributed by atoms with Gasteiger partial charge < -0.3 is 0 Å². The standard InChI is InChI=1S/C12H18N4O2/c1-4-5-6-7-13-10-8(2)14-12(15-9(3)17)16-11(10)18/h7H,4-6H2,1-3H3,(H2,14,15,16,17,18)/b13-7-. The van der Waals surface area contributed by atoms with Crippen LogP contribution >= 0.6 is 0 Å². The molecule has 0 radical (unpaired) electrons. The van der Waals surface area contributed by atoms with E-state index in [9.17, 15) is 9.59 Å². The third-order valence-corrected chi connectivity index (χ3v) is 2.27. The van der Waals surface area contributed by atoms with Gasteiger partial charge in [-0.25, -0.2) is 4.98 Å². The molecule has 0 aliphatic carbocycles. The first-order chi connectivity index (χ1) is 8.54. The van der Waals surface area contributed by atoms with Gasteiger partial charge in [0.25, 0.3) is 5.56 Å². The van der Waals surface area contributed by atoms with Crippen molar-refractivity contribution >= 4 is 23.8 Å². The van der Waals surface area contributed by atoms with Crippen LogP contribution in [0.1, 0.15) is 38.8 Å². The predicted molar refractivity (Wildman–Crippen MR) is 71.6 cm³/mol.